The second-order valence-corrected chi connectivity index (χ2v) is 5.81. The summed E-state index contributed by atoms with van der Waals surface area (Å²) in [5.74, 6) is 0.258. The van der Waals surface area contributed by atoms with Crippen molar-refractivity contribution in [3.63, 3.8) is 0 Å². The van der Waals surface area contributed by atoms with Crippen LogP contribution in [0.3, 0.4) is 0 Å². The van der Waals surface area contributed by atoms with Gasteiger partial charge >= 0.3 is 0 Å². The second-order valence-electron chi connectivity index (χ2n) is 4.38. The summed E-state index contributed by atoms with van der Waals surface area (Å²) >= 11 is 1.74. The van der Waals surface area contributed by atoms with Crippen molar-refractivity contribution in [2.75, 3.05) is 0 Å². The summed E-state index contributed by atoms with van der Waals surface area (Å²) in [6.07, 6.45) is 0. The molecule has 1 aliphatic rings. The van der Waals surface area contributed by atoms with Gasteiger partial charge in [0.25, 0.3) is 0 Å². The highest BCUT2D eigenvalue weighted by atomic mass is 32.2. The van der Waals surface area contributed by atoms with Crippen molar-refractivity contribution in [1.29, 1.82) is 0 Å². The van der Waals surface area contributed by atoms with Gasteiger partial charge in [-0.3, -0.25) is 4.79 Å². The maximum Gasteiger partial charge on any atom is 0.236 e. The van der Waals surface area contributed by atoms with Crippen LogP contribution in [-0.4, -0.2) is 22.1 Å². The molecule has 1 heterocycles. The van der Waals surface area contributed by atoms with Crippen LogP contribution >= 0.6 is 11.8 Å². The fourth-order valence-electron chi connectivity index (χ4n) is 2.02. The number of hydrogen-bond donors (Lipinski definition) is 0. The Morgan fingerprint density at radius 2 is 1.88 bits per heavy atom. The van der Waals surface area contributed by atoms with E-state index in [0.29, 0.717) is 0 Å². The Hall–Kier alpha value is -0.960. The van der Waals surface area contributed by atoms with Crippen molar-refractivity contribution in [2.45, 2.75) is 37.4 Å². The van der Waals surface area contributed by atoms with Crippen LogP contribution in [-0.2, 0) is 4.79 Å². The Bertz CT molecular complexity index is 377. The normalized spacial score (nSPS) is 25.5. The summed E-state index contributed by atoms with van der Waals surface area (Å²) in [5, 5.41) is 0.260. The van der Waals surface area contributed by atoms with Gasteiger partial charge in [0.15, 0.2) is 0 Å². The van der Waals surface area contributed by atoms with Gasteiger partial charge in [-0.15, -0.1) is 11.8 Å². The number of rotatable bonds is 2. The molecule has 3 heteroatoms. The van der Waals surface area contributed by atoms with Gasteiger partial charge in [-0.25, -0.2) is 0 Å². The molecule has 1 aromatic rings. The Labute approximate surface area is 101 Å². The lowest BCUT2D eigenvalue weighted by Gasteiger charge is -2.27. The zero-order valence-electron chi connectivity index (χ0n) is 9.88. The van der Waals surface area contributed by atoms with Crippen LogP contribution in [0, 0.1) is 0 Å². The number of nitrogens with zero attached hydrogens (tertiary/aromatic N) is 1. The molecule has 0 aliphatic carbocycles. The van der Waals surface area contributed by atoms with Gasteiger partial charge in [0, 0.05) is 6.04 Å². The van der Waals surface area contributed by atoms with Crippen molar-refractivity contribution in [1.82, 2.24) is 4.90 Å². The number of carbonyl (C=O) groups is 1. The molecule has 1 saturated heterocycles. The van der Waals surface area contributed by atoms with E-state index >= 15 is 0 Å². The molecular formula is C13H17NOS. The SMILES string of the molecule is CC(C)N1C(=O)[C@H](C)S[C@@H]1c1ccccc1. The summed E-state index contributed by atoms with van der Waals surface area (Å²) in [6.45, 7) is 6.14. The van der Waals surface area contributed by atoms with E-state index in [-0.39, 0.29) is 22.6 Å². The van der Waals surface area contributed by atoms with E-state index in [0.717, 1.165) is 0 Å². The Kier molecular flexibility index (Phi) is 3.24. The van der Waals surface area contributed by atoms with Crippen LogP contribution in [0.1, 0.15) is 31.7 Å². The van der Waals surface area contributed by atoms with Crippen LogP contribution in [0.15, 0.2) is 30.3 Å². The molecule has 0 radical (unpaired) electrons. The molecule has 1 aliphatic heterocycles. The zero-order chi connectivity index (χ0) is 11.7. The third kappa shape index (κ3) is 1.96. The average molecular weight is 235 g/mol. The number of benzene rings is 1. The molecule has 1 aromatic carbocycles. The van der Waals surface area contributed by atoms with E-state index in [1.165, 1.54) is 5.56 Å². The van der Waals surface area contributed by atoms with Crippen LogP contribution in [0.4, 0.5) is 0 Å². The molecule has 86 valence electrons. The van der Waals surface area contributed by atoms with Gasteiger partial charge < -0.3 is 4.90 Å². The van der Waals surface area contributed by atoms with E-state index in [2.05, 4.69) is 26.0 Å². The first-order chi connectivity index (χ1) is 7.61. The largest absolute Gasteiger partial charge is 0.323 e. The van der Waals surface area contributed by atoms with Crippen molar-refractivity contribution in [3.8, 4) is 0 Å². The zero-order valence-corrected chi connectivity index (χ0v) is 10.7. The minimum absolute atomic E-state index is 0.0765. The van der Waals surface area contributed by atoms with Crippen molar-refractivity contribution in [2.24, 2.45) is 0 Å². The Morgan fingerprint density at radius 1 is 1.25 bits per heavy atom. The van der Waals surface area contributed by atoms with Gasteiger partial charge in [-0.05, 0) is 26.3 Å². The van der Waals surface area contributed by atoms with Gasteiger partial charge in [-0.1, -0.05) is 30.3 Å². The predicted octanol–water partition coefficient (Wildman–Crippen LogP) is 3.06. The fourth-order valence-corrected chi connectivity index (χ4v) is 3.44. The van der Waals surface area contributed by atoms with E-state index in [9.17, 15) is 4.79 Å². The van der Waals surface area contributed by atoms with Crippen molar-refractivity contribution in [3.05, 3.63) is 35.9 Å². The molecule has 16 heavy (non-hydrogen) atoms. The van der Waals surface area contributed by atoms with E-state index in [1.807, 2.05) is 30.0 Å². The molecule has 0 saturated carbocycles. The van der Waals surface area contributed by atoms with Crippen molar-refractivity contribution >= 4 is 17.7 Å². The highest BCUT2D eigenvalue weighted by Crippen LogP contribution is 2.43. The van der Waals surface area contributed by atoms with Gasteiger partial charge in [-0.2, -0.15) is 0 Å². The molecule has 0 spiro atoms. The first-order valence-corrected chi connectivity index (χ1v) is 6.58. The first kappa shape index (κ1) is 11.5. The lowest BCUT2D eigenvalue weighted by atomic mass is 10.2. The van der Waals surface area contributed by atoms with Crippen molar-refractivity contribution < 1.29 is 4.79 Å². The van der Waals surface area contributed by atoms with Crippen LogP contribution in [0.2, 0.25) is 0 Å². The molecule has 0 unspecified atom stereocenters. The smallest absolute Gasteiger partial charge is 0.236 e. The summed E-state index contributed by atoms with van der Waals surface area (Å²) < 4.78 is 0. The fraction of sp³-hybridized carbons (Fsp3) is 0.462. The maximum atomic E-state index is 12.0. The number of carbonyl (C=O) groups excluding carboxylic acids is 1. The molecular weight excluding hydrogens is 218 g/mol. The highest BCUT2D eigenvalue weighted by Gasteiger charge is 2.39. The second kappa shape index (κ2) is 4.50. The van der Waals surface area contributed by atoms with Gasteiger partial charge in [0.2, 0.25) is 5.91 Å². The minimum atomic E-state index is 0.0765. The minimum Gasteiger partial charge on any atom is -0.323 e. The molecule has 2 nitrogen and oxygen atoms in total. The summed E-state index contributed by atoms with van der Waals surface area (Å²) in [5.41, 5.74) is 1.22. The van der Waals surface area contributed by atoms with E-state index < -0.39 is 0 Å². The third-order valence-electron chi connectivity index (χ3n) is 2.83. The van der Waals surface area contributed by atoms with Crippen LogP contribution in [0.25, 0.3) is 0 Å². The Balaban J connectivity index is 2.31. The molecule has 1 fully saturated rings. The maximum absolute atomic E-state index is 12.0. The molecule has 2 rings (SSSR count). The molecule has 0 bridgehead atoms. The van der Waals surface area contributed by atoms with E-state index in [1.54, 1.807) is 11.8 Å². The lowest BCUT2D eigenvalue weighted by molar-refractivity contribution is -0.131. The molecule has 1 amide bonds. The average Bonchev–Trinajstić information content (AvgIpc) is 2.57. The predicted molar refractivity (Wildman–Crippen MR) is 68.2 cm³/mol. The Morgan fingerprint density at radius 3 is 2.44 bits per heavy atom. The molecule has 0 aromatic heterocycles. The lowest BCUT2D eigenvalue weighted by Crippen LogP contribution is -2.36. The first-order valence-electron chi connectivity index (χ1n) is 5.64. The van der Waals surface area contributed by atoms with Crippen LogP contribution in [0.5, 0.6) is 0 Å². The van der Waals surface area contributed by atoms with E-state index in [4.69, 9.17) is 0 Å². The number of hydrogen-bond acceptors (Lipinski definition) is 2. The third-order valence-corrected chi connectivity index (χ3v) is 4.20. The van der Waals surface area contributed by atoms with Gasteiger partial charge in [0.05, 0.1) is 5.25 Å². The van der Waals surface area contributed by atoms with Crippen LogP contribution < -0.4 is 0 Å². The summed E-state index contributed by atoms with van der Waals surface area (Å²) in [7, 11) is 0. The topological polar surface area (TPSA) is 20.3 Å². The standard InChI is InChI=1S/C13H17NOS/c1-9(2)14-12(15)10(3)16-13(14)11-7-5-4-6-8-11/h4-10,13H,1-3H3/t10-,13+/m0/s1. The molecule has 2 atom stereocenters. The summed E-state index contributed by atoms with van der Waals surface area (Å²) in [4.78, 5) is 14.0. The highest BCUT2D eigenvalue weighted by molar-refractivity contribution is 8.01. The number of thioether (sulfide) groups is 1. The summed E-state index contributed by atoms with van der Waals surface area (Å²) in [6, 6.07) is 10.5. The quantitative estimate of drug-likeness (QED) is 0.785. The number of amides is 1. The van der Waals surface area contributed by atoms with Gasteiger partial charge in [0.1, 0.15) is 5.37 Å². The molecule has 0 N–H and O–H groups in total. The monoisotopic (exact) mass is 235 g/mol.